The molecule has 1 fully saturated rings. The van der Waals surface area contributed by atoms with E-state index in [1.54, 1.807) is 6.33 Å². The summed E-state index contributed by atoms with van der Waals surface area (Å²) >= 11 is 0. The van der Waals surface area contributed by atoms with Crippen molar-refractivity contribution in [1.29, 1.82) is 0 Å². The molecule has 1 amide bonds. The maximum absolute atomic E-state index is 13.1. The number of amides is 1. The van der Waals surface area contributed by atoms with Crippen molar-refractivity contribution in [3.8, 4) is 0 Å². The summed E-state index contributed by atoms with van der Waals surface area (Å²) in [6, 6.07) is 9.84. The van der Waals surface area contributed by atoms with Crippen molar-refractivity contribution in [3.05, 3.63) is 59.7 Å². The highest BCUT2D eigenvalue weighted by atomic mass is 16.3. The molecule has 0 saturated heterocycles. The number of benzene rings is 1. The first-order valence-electron chi connectivity index (χ1n) is 10.9. The lowest BCUT2D eigenvalue weighted by atomic mass is 9.90. The molecule has 1 aliphatic carbocycles. The van der Waals surface area contributed by atoms with Crippen LogP contribution in [0.1, 0.15) is 60.1 Å². The smallest absolute Gasteiger partial charge is 0.270 e. The summed E-state index contributed by atoms with van der Waals surface area (Å²) < 4.78 is 1.94. The van der Waals surface area contributed by atoms with Gasteiger partial charge in [-0.1, -0.05) is 31.9 Å². The molecule has 3 heterocycles. The summed E-state index contributed by atoms with van der Waals surface area (Å²) in [4.78, 5) is 25.4. The molecular formula is C24H27N5O2. The largest absolute Gasteiger partial charge is 0.391 e. The average molecular weight is 418 g/mol. The zero-order valence-corrected chi connectivity index (χ0v) is 17.8. The molecule has 0 radical (unpaired) electrons. The first-order valence-corrected chi connectivity index (χ1v) is 10.9. The summed E-state index contributed by atoms with van der Waals surface area (Å²) in [5, 5.41) is 14.3. The number of aromatic nitrogens is 4. The number of pyridine rings is 1. The Balaban J connectivity index is 1.56. The van der Waals surface area contributed by atoms with Crippen LogP contribution in [0.15, 0.2) is 42.9 Å². The Bertz CT molecular complexity index is 1260. The Morgan fingerprint density at radius 1 is 1.26 bits per heavy atom. The number of hydrogen-bond acceptors (Lipinski definition) is 4. The maximum Gasteiger partial charge on any atom is 0.270 e. The molecule has 1 saturated carbocycles. The zero-order valence-electron chi connectivity index (χ0n) is 17.8. The first-order chi connectivity index (χ1) is 15.0. The molecule has 4 aromatic rings. The number of aromatic amines is 1. The van der Waals surface area contributed by atoms with E-state index in [1.165, 1.54) is 0 Å². The monoisotopic (exact) mass is 417 g/mol. The van der Waals surface area contributed by atoms with Gasteiger partial charge in [0, 0.05) is 24.5 Å². The van der Waals surface area contributed by atoms with Gasteiger partial charge in [-0.15, -0.1) is 0 Å². The quantitative estimate of drug-likeness (QED) is 0.472. The number of para-hydroxylation sites is 1. The summed E-state index contributed by atoms with van der Waals surface area (Å²) in [5.74, 6) is -0.216. The summed E-state index contributed by atoms with van der Waals surface area (Å²) in [6.45, 7) is 2.14. The van der Waals surface area contributed by atoms with Crippen molar-refractivity contribution in [1.82, 2.24) is 24.8 Å². The number of rotatable bonds is 4. The Morgan fingerprint density at radius 2 is 2.10 bits per heavy atom. The number of nitrogens with zero attached hydrogens (tertiary/aromatic N) is 3. The number of nitrogens with one attached hydrogen (secondary N) is 2. The molecule has 0 aliphatic heterocycles. The van der Waals surface area contributed by atoms with Crippen LogP contribution in [0.2, 0.25) is 0 Å². The third kappa shape index (κ3) is 3.49. The van der Waals surface area contributed by atoms with E-state index in [2.05, 4.69) is 33.3 Å². The minimum absolute atomic E-state index is 0.0201. The standard InChI is InChI=1S/C24H27N5O2/c1-14(15-6-5-8-19-22(15)26-13-25-19)17-12-20(27-23-16(17)10-11-29(23)2)24(31)28-18-7-3-4-9-21(18)30/h5-6,8,10-14,18,21,30H,3-4,7,9H2,1-2H3,(H,25,26)(H,28,31)/t14?,18-,21-/m0/s1. The van der Waals surface area contributed by atoms with E-state index in [-0.39, 0.29) is 17.9 Å². The molecule has 0 bridgehead atoms. The molecule has 160 valence electrons. The van der Waals surface area contributed by atoms with Crippen LogP contribution < -0.4 is 5.32 Å². The first kappa shape index (κ1) is 19.8. The fraction of sp³-hybridized carbons (Fsp3) is 0.375. The Morgan fingerprint density at radius 3 is 2.94 bits per heavy atom. The number of aliphatic hydroxyl groups excluding tert-OH is 1. The van der Waals surface area contributed by atoms with Crippen LogP contribution in [-0.4, -0.2) is 42.7 Å². The summed E-state index contributed by atoms with van der Waals surface area (Å²) in [5.41, 5.74) is 5.22. The van der Waals surface area contributed by atoms with Gasteiger partial charge in [0.05, 0.1) is 29.5 Å². The maximum atomic E-state index is 13.1. The predicted molar refractivity (Wildman–Crippen MR) is 120 cm³/mol. The molecule has 3 atom stereocenters. The fourth-order valence-electron chi connectivity index (χ4n) is 4.76. The van der Waals surface area contributed by atoms with Gasteiger partial charge in [0.25, 0.3) is 5.91 Å². The van der Waals surface area contributed by atoms with Crippen molar-refractivity contribution in [2.45, 2.75) is 50.7 Å². The molecule has 1 aromatic carbocycles. The number of hydrogen-bond donors (Lipinski definition) is 3. The fourth-order valence-corrected chi connectivity index (χ4v) is 4.76. The molecule has 3 N–H and O–H groups in total. The van der Waals surface area contributed by atoms with Gasteiger partial charge in [0.1, 0.15) is 11.3 Å². The minimum atomic E-state index is -0.493. The van der Waals surface area contributed by atoms with Crippen LogP contribution in [0.25, 0.3) is 22.1 Å². The van der Waals surface area contributed by atoms with Crippen LogP contribution in [0.4, 0.5) is 0 Å². The van der Waals surface area contributed by atoms with Crippen molar-refractivity contribution in [3.63, 3.8) is 0 Å². The van der Waals surface area contributed by atoms with Gasteiger partial charge in [-0.25, -0.2) is 9.97 Å². The number of imidazole rings is 1. The molecule has 0 spiro atoms. The Kier molecular flexibility index (Phi) is 4.98. The van der Waals surface area contributed by atoms with E-state index in [4.69, 9.17) is 0 Å². The summed E-state index contributed by atoms with van der Waals surface area (Å²) in [6.07, 6.45) is 6.72. The lowest BCUT2D eigenvalue weighted by molar-refractivity contribution is 0.0714. The molecule has 5 rings (SSSR count). The normalized spacial score (nSPS) is 20.2. The van der Waals surface area contributed by atoms with Gasteiger partial charge in [0.2, 0.25) is 0 Å². The third-order valence-electron chi connectivity index (χ3n) is 6.56. The van der Waals surface area contributed by atoms with Gasteiger partial charge >= 0.3 is 0 Å². The van der Waals surface area contributed by atoms with Crippen LogP contribution in [-0.2, 0) is 7.05 Å². The van der Waals surface area contributed by atoms with Gasteiger partial charge in [-0.05, 0) is 42.2 Å². The second-order valence-electron chi connectivity index (χ2n) is 8.56. The van der Waals surface area contributed by atoms with E-state index >= 15 is 0 Å². The molecule has 7 nitrogen and oxygen atoms in total. The molecular weight excluding hydrogens is 390 g/mol. The van der Waals surface area contributed by atoms with E-state index in [9.17, 15) is 9.90 Å². The lowest BCUT2D eigenvalue weighted by Gasteiger charge is -2.28. The second kappa shape index (κ2) is 7.81. The number of carbonyl (C=O) groups is 1. The number of H-pyrrole nitrogens is 1. The SMILES string of the molecule is CC(c1cc(C(=O)N[C@H]2CCCC[C@@H]2O)nc2c1ccn2C)c1cccc2[nH]cnc12. The molecule has 31 heavy (non-hydrogen) atoms. The lowest BCUT2D eigenvalue weighted by Crippen LogP contribution is -2.45. The highest BCUT2D eigenvalue weighted by Gasteiger charge is 2.26. The van der Waals surface area contributed by atoms with Crippen molar-refractivity contribution >= 4 is 28.0 Å². The average Bonchev–Trinajstić information content (AvgIpc) is 3.41. The van der Waals surface area contributed by atoms with Crippen LogP contribution >= 0.6 is 0 Å². The topological polar surface area (TPSA) is 95.8 Å². The van der Waals surface area contributed by atoms with Gasteiger partial charge in [-0.3, -0.25) is 4.79 Å². The van der Waals surface area contributed by atoms with Gasteiger partial charge in [0.15, 0.2) is 0 Å². The number of carbonyl (C=O) groups excluding carboxylic acids is 1. The van der Waals surface area contributed by atoms with Crippen molar-refractivity contribution in [2.24, 2.45) is 7.05 Å². The van der Waals surface area contributed by atoms with Crippen LogP contribution in [0.3, 0.4) is 0 Å². The number of aliphatic hydroxyl groups is 1. The zero-order chi connectivity index (χ0) is 21.5. The second-order valence-corrected chi connectivity index (χ2v) is 8.56. The number of aryl methyl sites for hydroxylation is 1. The van der Waals surface area contributed by atoms with E-state index in [0.717, 1.165) is 58.9 Å². The molecule has 3 aromatic heterocycles. The van der Waals surface area contributed by atoms with E-state index in [0.29, 0.717) is 5.69 Å². The van der Waals surface area contributed by atoms with Crippen LogP contribution in [0.5, 0.6) is 0 Å². The van der Waals surface area contributed by atoms with Gasteiger partial charge in [-0.2, -0.15) is 0 Å². The third-order valence-corrected chi connectivity index (χ3v) is 6.56. The molecule has 1 aliphatic rings. The Hall–Kier alpha value is -3.19. The summed E-state index contributed by atoms with van der Waals surface area (Å²) in [7, 11) is 1.94. The van der Waals surface area contributed by atoms with Crippen molar-refractivity contribution in [2.75, 3.05) is 0 Å². The highest BCUT2D eigenvalue weighted by molar-refractivity contribution is 5.96. The molecule has 7 heteroatoms. The van der Waals surface area contributed by atoms with Crippen LogP contribution in [0, 0.1) is 0 Å². The molecule has 1 unspecified atom stereocenters. The van der Waals surface area contributed by atoms with E-state index in [1.807, 2.05) is 42.1 Å². The van der Waals surface area contributed by atoms with Crippen molar-refractivity contribution < 1.29 is 9.90 Å². The number of fused-ring (bicyclic) bond motifs is 2. The van der Waals surface area contributed by atoms with E-state index < -0.39 is 6.10 Å². The minimum Gasteiger partial charge on any atom is -0.391 e. The van der Waals surface area contributed by atoms with Gasteiger partial charge < -0.3 is 20.0 Å². The Labute approximate surface area is 180 Å². The predicted octanol–water partition coefficient (Wildman–Crippen LogP) is 3.63. The highest BCUT2D eigenvalue weighted by Crippen LogP contribution is 2.34.